The van der Waals surface area contributed by atoms with Gasteiger partial charge in [-0.05, 0) is 76.4 Å². The number of benzene rings is 3. The Bertz CT molecular complexity index is 1620. The van der Waals surface area contributed by atoms with Crippen LogP contribution in [0.4, 0.5) is 45.5 Å². The Balaban J connectivity index is 1.90. The zero-order valence-electron chi connectivity index (χ0n) is 23.9. The molecule has 4 rings (SSSR count). The van der Waals surface area contributed by atoms with Gasteiger partial charge in [0.1, 0.15) is 5.75 Å². The molecule has 4 aromatic rings. The van der Waals surface area contributed by atoms with Crippen LogP contribution in [0, 0.1) is 0 Å². The predicted octanol–water partition coefficient (Wildman–Crippen LogP) is 7.59. The lowest BCUT2D eigenvalue weighted by atomic mass is 9.93. The van der Waals surface area contributed by atoms with E-state index in [0.717, 1.165) is 21.8 Å². The topological polar surface area (TPSA) is 76.3 Å². The zero-order valence-corrected chi connectivity index (χ0v) is 23.9. The molecule has 0 aliphatic heterocycles. The van der Waals surface area contributed by atoms with Crippen molar-refractivity contribution in [3.05, 3.63) is 88.0 Å². The van der Waals surface area contributed by atoms with Crippen molar-refractivity contribution in [2.75, 3.05) is 12.0 Å². The number of nitrogens with zero attached hydrogens (tertiary/aromatic N) is 5. The smallest absolute Gasteiger partial charge is 0.416 e. The van der Waals surface area contributed by atoms with E-state index < -0.39 is 60.0 Å². The molecule has 45 heavy (non-hydrogen) atoms. The fourth-order valence-corrected chi connectivity index (χ4v) is 4.68. The van der Waals surface area contributed by atoms with Gasteiger partial charge in [-0.25, -0.2) is 0 Å². The van der Waals surface area contributed by atoms with Gasteiger partial charge in [-0.15, -0.1) is 5.10 Å². The predicted molar refractivity (Wildman–Crippen MR) is 144 cm³/mol. The minimum atomic E-state index is -5.12. The largest absolute Gasteiger partial charge is 0.496 e. The van der Waals surface area contributed by atoms with Crippen molar-refractivity contribution in [2.45, 2.75) is 51.1 Å². The molecule has 1 N–H and O–H groups in total. The summed E-state index contributed by atoms with van der Waals surface area (Å²) in [5, 5.41) is 21.9. The quantitative estimate of drug-likeness (QED) is 0.189. The second-order valence-corrected chi connectivity index (χ2v) is 10.1. The average molecular weight is 648 g/mol. The number of methoxy groups -OCH3 is 1. The number of aliphatic hydroxyl groups is 1. The van der Waals surface area contributed by atoms with E-state index in [9.17, 15) is 44.6 Å². The van der Waals surface area contributed by atoms with Gasteiger partial charge in [-0.3, -0.25) is 0 Å². The number of ether oxygens (including phenoxy) is 1. The monoisotopic (exact) mass is 647 g/mol. The van der Waals surface area contributed by atoms with Crippen molar-refractivity contribution < 1.29 is 49.4 Å². The number of hydrogen-bond acceptors (Lipinski definition) is 6. The molecule has 242 valence electrons. The minimum Gasteiger partial charge on any atom is -0.496 e. The highest BCUT2D eigenvalue weighted by molar-refractivity contribution is 5.75. The minimum absolute atomic E-state index is 0.0245. The molecule has 0 spiro atoms. The molecule has 0 amide bonds. The Kier molecular flexibility index (Phi) is 9.37. The molecule has 0 aliphatic carbocycles. The lowest BCUT2D eigenvalue weighted by molar-refractivity contribution is -0.143. The van der Waals surface area contributed by atoms with Crippen LogP contribution in [0.15, 0.2) is 54.6 Å². The Morgan fingerprint density at radius 2 is 1.42 bits per heavy atom. The van der Waals surface area contributed by atoms with Crippen LogP contribution in [-0.2, 0) is 38.7 Å². The van der Waals surface area contributed by atoms with Gasteiger partial charge in [0.15, 0.2) is 0 Å². The third kappa shape index (κ3) is 7.85. The number of alkyl halides is 9. The SMILES string of the molecule is CCC(O)c1ccc(OC)c(-c2ccc(C(F)(F)F)cc2CN(Cc2cc(C(F)(F)F)cc(C(F)(F)F)c2)c2nnn(C)n2)c1. The number of anilines is 1. The van der Waals surface area contributed by atoms with Crippen LogP contribution in [-0.4, -0.2) is 32.4 Å². The van der Waals surface area contributed by atoms with E-state index in [-0.39, 0.29) is 34.5 Å². The molecule has 16 heteroatoms. The molecule has 0 aliphatic rings. The fourth-order valence-electron chi connectivity index (χ4n) is 4.68. The maximum Gasteiger partial charge on any atom is 0.416 e. The van der Waals surface area contributed by atoms with Gasteiger partial charge in [0.25, 0.3) is 5.95 Å². The van der Waals surface area contributed by atoms with E-state index in [4.69, 9.17) is 4.74 Å². The summed E-state index contributed by atoms with van der Waals surface area (Å²) in [6, 6.07) is 8.47. The number of halogens is 9. The summed E-state index contributed by atoms with van der Waals surface area (Å²) < 4.78 is 128. The molecule has 0 saturated carbocycles. The van der Waals surface area contributed by atoms with E-state index in [1.807, 2.05) is 0 Å². The maximum atomic E-state index is 13.9. The summed E-state index contributed by atoms with van der Waals surface area (Å²) in [6.07, 6.45) is -15.6. The normalized spacial score (nSPS) is 13.2. The number of aliphatic hydroxyl groups excluding tert-OH is 1. The van der Waals surface area contributed by atoms with E-state index in [0.29, 0.717) is 24.1 Å². The summed E-state index contributed by atoms with van der Waals surface area (Å²) in [5.41, 5.74) is -3.75. The number of hydrogen-bond donors (Lipinski definition) is 1. The van der Waals surface area contributed by atoms with Gasteiger partial charge < -0.3 is 14.7 Å². The van der Waals surface area contributed by atoms with Crippen LogP contribution in [0.5, 0.6) is 5.75 Å². The van der Waals surface area contributed by atoms with Gasteiger partial charge in [0, 0.05) is 18.7 Å². The molecule has 0 radical (unpaired) electrons. The highest BCUT2D eigenvalue weighted by Gasteiger charge is 2.37. The van der Waals surface area contributed by atoms with Crippen LogP contribution in [0.25, 0.3) is 11.1 Å². The van der Waals surface area contributed by atoms with Gasteiger partial charge in [0.2, 0.25) is 0 Å². The van der Waals surface area contributed by atoms with Gasteiger partial charge in [0.05, 0.1) is 37.0 Å². The van der Waals surface area contributed by atoms with Crippen LogP contribution >= 0.6 is 0 Å². The van der Waals surface area contributed by atoms with Crippen LogP contribution in [0.3, 0.4) is 0 Å². The third-order valence-corrected chi connectivity index (χ3v) is 6.88. The summed E-state index contributed by atoms with van der Waals surface area (Å²) in [7, 11) is 2.69. The molecule has 1 aromatic heterocycles. The van der Waals surface area contributed by atoms with Crippen molar-refractivity contribution >= 4 is 5.95 Å². The van der Waals surface area contributed by atoms with Gasteiger partial charge in [-0.2, -0.15) is 44.3 Å². The van der Waals surface area contributed by atoms with E-state index in [2.05, 4.69) is 15.4 Å². The van der Waals surface area contributed by atoms with Crippen molar-refractivity contribution in [1.82, 2.24) is 20.2 Å². The van der Waals surface area contributed by atoms with E-state index in [1.54, 1.807) is 13.0 Å². The van der Waals surface area contributed by atoms with Crippen molar-refractivity contribution in [3.8, 4) is 16.9 Å². The summed E-state index contributed by atoms with van der Waals surface area (Å²) in [6.45, 7) is 0.550. The Morgan fingerprint density at radius 3 is 1.93 bits per heavy atom. The molecule has 0 bridgehead atoms. The summed E-state index contributed by atoms with van der Waals surface area (Å²) >= 11 is 0. The zero-order chi connectivity index (χ0) is 33.3. The fraction of sp³-hybridized carbons (Fsp3) is 0.345. The first-order valence-corrected chi connectivity index (χ1v) is 13.2. The second-order valence-electron chi connectivity index (χ2n) is 10.1. The Labute approximate surface area is 250 Å². The highest BCUT2D eigenvalue weighted by Crippen LogP contribution is 2.40. The third-order valence-electron chi connectivity index (χ3n) is 6.88. The van der Waals surface area contributed by atoms with E-state index >= 15 is 0 Å². The molecule has 7 nitrogen and oxygen atoms in total. The van der Waals surface area contributed by atoms with Crippen LogP contribution < -0.4 is 9.64 Å². The molecular weight excluding hydrogens is 621 g/mol. The average Bonchev–Trinajstić information content (AvgIpc) is 3.40. The van der Waals surface area contributed by atoms with Crippen molar-refractivity contribution in [2.24, 2.45) is 7.05 Å². The van der Waals surface area contributed by atoms with Gasteiger partial charge in [-0.1, -0.05) is 24.2 Å². The molecule has 1 unspecified atom stereocenters. The van der Waals surface area contributed by atoms with Crippen molar-refractivity contribution in [3.63, 3.8) is 0 Å². The van der Waals surface area contributed by atoms with Crippen molar-refractivity contribution in [1.29, 1.82) is 0 Å². The summed E-state index contributed by atoms with van der Waals surface area (Å²) in [4.78, 5) is 2.08. The standard InChI is InChI=1S/C29H26F9N5O2/c1-4-24(44)17-5-8-25(45-3)23(12-17)22-7-6-19(27(30,31)32)11-18(22)15-43(26-39-41-42(2)40-26)14-16-9-20(28(33,34)35)13-21(10-16)29(36,37)38/h5-13,24,44H,4,14-15H2,1-3H3. The molecule has 1 heterocycles. The first-order chi connectivity index (χ1) is 20.9. The maximum absolute atomic E-state index is 13.9. The molecular formula is C29H26F9N5O2. The number of aryl methyl sites for hydroxylation is 1. The Hall–Kier alpha value is -4.34. The lowest BCUT2D eigenvalue weighted by Crippen LogP contribution is -2.25. The first-order valence-electron chi connectivity index (χ1n) is 13.2. The van der Waals surface area contributed by atoms with Crippen LogP contribution in [0.1, 0.15) is 52.8 Å². The number of tetrazole rings is 1. The number of aromatic nitrogens is 4. The van der Waals surface area contributed by atoms with E-state index in [1.165, 1.54) is 32.4 Å². The molecule has 1 atom stereocenters. The van der Waals surface area contributed by atoms with Crippen LogP contribution in [0.2, 0.25) is 0 Å². The van der Waals surface area contributed by atoms with Gasteiger partial charge >= 0.3 is 18.5 Å². The molecule has 0 saturated heterocycles. The lowest BCUT2D eigenvalue weighted by Gasteiger charge is -2.25. The highest BCUT2D eigenvalue weighted by atomic mass is 19.4. The molecule has 0 fully saturated rings. The summed E-state index contributed by atoms with van der Waals surface area (Å²) in [5.74, 6) is -0.0334. The Morgan fingerprint density at radius 1 is 0.800 bits per heavy atom. The first kappa shape index (κ1) is 33.6. The molecule has 3 aromatic carbocycles. The second kappa shape index (κ2) is 12.6. The number of rotatable bonds is 9.